The molecule has 0 radical (unpaired) electrons. The molecule has 2 atom stereocenters. The highest BCUT2D eigenvalue weighted by molar-refractivity contribution is 5.10. The van der Waals surface area contributed by atoms with Gasteiger partial charge < -0.3 is 5.32 Å². The highest BCUT2D eigenvalue weighted by atomic mass is 15.3. The second-order valence-electron chi connectivity index (χ2n) is 6.79. The molecule has 3 heteroatoms. The van der Waals surface area contributed by atoms with Crippen LogP contribution in [0.25, 0.3) is 0 Å². The fraction of sp³-hybridized carbons (Fsp3) is 0.812. The van der Waals surface area contributed by atoms with Crippen LogP contribution in [0.2, 0.25) is 0 Å². The van der Waals surface area contributed by atoms with Gasteiger partial charge in [0.1, 0.15) is 0 Å². The van der Waals surface area contributed by atoms with E-state index in [-0.39, 0.29) is 0 Å². The van der Waals surface area contributed by atoms with E-state index in [0.717, 1.165) is 18.7 Å². The molecule has 110 valence electrons. The summed E-state index contributed by atoms with van der Waals surface area (Å²) in [6.07, 6.45) is 2.26. The molecule has 0 amide bonds. The smallest absolute Gasteiger partial charge is 0.0596 e. The molecule has 0 aliphatic carbocycles. The fourth-order valence-electron chi connectivity index (χ4n) is 2.37. The first-order valence-corrected chi connectivity index (χ1v) is 7.48. The van der Waals surface area contributed by atoms with Crippen LogP contribution in [0.15, 0.2) is 6.07 Å². The molecule has 0 aromatic carbocycles. The first kappa shape index (κ1) is 16.2. The van der Waals surface area contributed by atoms with E-state index in [1.165, 1.54) is 12.1 Å². The average molecular weight is 265 g/mol. The lowest BCUT2D eigenvalue weighted by atomic mass is 9.78. The van der Waals surface area contributed by atoms with Crippen LogP contribution in [0, 0.1) is 18.3 Å². The van der Waals surface area contributed by atoms with Crippen molar-refractivity contribution in [1.29, 1.82) is 0 Å². The third kappa shape index (κ3) is 4.64. The van der Waals surface area contributed by atoms with Crippen molar-refractivity contribution in [1.82, 2.24) is 15.1 Å². The molecule has 1 aromatic heterocycles. The van der Waals surface area contributed by atoms with Crippen molar-refractivity contribution in [2.24, 2.45) is 11.3 Å². The molecule has 0 bridgehead atoms. The number of nitrogens with one attached hydrogen (secondary N) is 1. The molecular weight excluding hydrogens is 234 g/mol. The van der Waals surface area contributed by atoms with Crippen molar-refractivity contribution < 1.29 is 0 Å². The first-order chi connectivity index (χ1) is 8.77. The van der Waals surface area contributed by atoms with Gasteiger partial charge in [0, 0.05) is 24.7 Å². The van der Waals surface area contributed by atoms with Gasteiger partial charge in [-0.15, -0.1) is 0 Å². The number of likely N-dealkylation sites (N-methyl/N-ethyl adjacent to an activating group) is 1. The van der Waals surface area contributed by atoms with Gasteiger partial charge in [0.25, 0.3) is 0 Å². The molecule has 1 rings (SSSR count). The van der Waals surface area contributed by atoms with Gasteiger partial charge in [-0.25, -0.2) is 0 Å². The van der Waals surface area contributed by atoms with Crippen molar-refractivity contribution in [3.05, 3.63) is 17.5 Å². The van der Waals surface area contributed by atoms with Crippen LogP contribution >= 0.6 is 0 Å². The van der Waals surface area contributed by atoms with Crippen LogP contribution in [-0.4, -0.2) is 22.9 Å². The molecule has 1 N–H and O–H groups in total. The summed E-state index contributed by atoms with van der Waals surface area (Å²) in [6, 6.07) is 2.74. The van der Waals surface area contributed by atoms with E-state index in [0.29, 0.717) is 17.4 Å². The second-order valence-corrected chi connectivity index (χ2v) is 6.79. The summed E-state index contributed by atoms with van der Waals surface area (Å²) in [5.74, 6) is 0.698. The minimum Gasteiger partial charge on any atom is -0.317 e. The zero-order valence-corrected chi connectivity index (χ0v) is 13.7. The summed E-state index contributed by atoms with van der Waals surface area (Å²) >= 11 is 0. The van der Waals surface area contributed by atoms with E-state index in [9.17, 15) is 0 Å². The van der Waals surface area contributed by atoms with Crippen LogP contribution in [0.1, 0.15) is 52.4 Å². The van der Waals surface area contributed by atoms with Crippen LogP contribution in [0.4, 0.5) is 0 Å². The molecule has 0 aliphatic rings. The van der Waals surface area contributed by atoms with E-state index in [2.05, 4.69) is 69.8 Å². The minimum atomic E-state index is 0.371. The highest BCUT2D eigenvalue weighted by Crippen LogP contribution is 2.29. The Labute approximate surface area is 118 Å². The third-order valence-electron chi connectivity index (χ3n) is 4.27. The van der Waals surface area contributed by atoms with Gasteiger partial charge in [0.2, 0.25) is 0 Å². The average Bonchev–Trinajstić information content (AvgIpc) is 2.67. The molecule has 19 heavy (non-hydrogen) atoms. The molecule has 0 saturated heterocycles. The lowest BCUT2D eigenvalue weighted by Crippen LogP contribution is -2.33. The van der Waals surface area contributed by atoms with Gasteiger partial charge in [-0.1, -0.05) is 27.7 Å². The monoisotopic (exact) mass is 265 g/mol. The SMILES string of the molecule is CCn1nc(C)cc1CC(CC(C)C(C)(C)C)NC. The number of hydrogen-bond donors (Lipinski definition) is 1. The van der Waals surface area contributed by atoms with E-state index in [1.54, 1.807) is 0 Å². The lowest BCUT2D eigenvalue weighted by molar-refractivity contribution is 0.224. The van der Waals surface area contributed by atoms with Gasteiger partial charge >= 0.3 is 0 Å². The second kappa shape index (κ2) is 6.56. The Bertz CT molecular complexity index is 387. The Morgan fingerprint density at radius 2 is 2.00 bits per heavy atom. The number of aromatic nitrogens is 2. The Morgan fingerprint density at radius 1 is 1.37 bits per heavy atom. The Balaban J connectivity index is 2.71. The summed E-state index contributed by atoms with van der Waals surface area (Å²) in [6.45, 7) is 14.5. The summed E-state index contributed by atoms with van der Waals surface area (Å²) in [7, 11) is 2.07. The van der Waals surface area contributed by atoms with Gasteiger partial charge in [0.05, 0.1) is 5.69 Å². The van der Waals surface area contributed by atoms with E-state index >= 15 is 0 Å². The van der Waals surface area contributed by atoms with Crippen LogP contribution in [0.5, 0.6) is 0 Å². The molecular formula is C16H31N3. The van der Waals surface area contributed by atoms with Crippen molar-refractivity contribution in [2.75, 3.05) is 7.05 Å². The van der Waals surface area contributed by atoms with E-state index in [1.807, 2.05) is 0 Å². The maximum Gasteiger partial charge on any atom is 0.0596 e. The zero-order chi connectivity index (χ0) is 14.6. The van der Waals surface area contributed by atoms with E-state index < -0.39 is 0 Å². The summed E-state index contributed by atoms with van der Waals surface area (Å²) in [4.78, 5) is 0. The summed E-state index contributed by atoms with van der Waals surface area (Å²) in [5.41, 5.74) is 2.84. The normalized spacial score (nSPS) is 15.5. The van der Waals surface area contributed by atoms with Crippen molar-refractivity contribution in [2.45, 2.75) is 67.0 Å². The van der Waals surface area contributed by atoms with Crippen molar-refractivity contribution in [3.8, 4) is 0 Å². The quantitative estimate of drug-likeness (QED) is 0.854. The van der Waals surface area contributed by atoms with Crippen molar-refractivity contribution >= 4 is 0 Å². The number of hydrogen-bond acceptors (Lipinski definition) is 2. The van der Waals surface area contributed by atoms with Gasteiger partial charge in [-0.2, -0.15) is 5.10 Å². The van der Waals surface area contributed by atoms with Crippen LogP contribution < -0.4 is 5.32 Å². The number of rotatable bonds is 6. The van der Waals surface area contributed by atoms with E-state index in [4.69, 9.17) is 0 Å². The predicted molar refractivity (Wildman–Crippen MR) is 82.4 cm³/mol. The van der Waals surface area contributed by atoms with Gasteiger partial charge in [0.15, 0.2) is 0 Å². The van der Waals surface area contributed by atoms with Crippen LogP contribution in [0.3, 0.4) is 0 Å². The molecule has 1 aromatic rings. The molecule has 1 heterocycles. The van der Waals surface area contributed by atoms with Crippen LogP contribution in [-0.2, 0) is 13.0 Å². The molecule has 0 spiro atoms. The van der Waals surface area contributed by atoms with Gasteiger partial charge in [-0.05, 0) is 44.7 Å². The highest BCUT2D eigenvalue weighted by Gasteiger charge is 2.23. The largest absolute Gasteiger partial charge is 0.317 e. The lowest BCUT2D eigenvalue weighted by Gasteiger charge is -2.30. The fourth-order valence-corrected chi connectivity index (χ4v) is 2.37. The van der Waals surface area contributed by atoms with Crippen molar-refractivity contribution in [3.63, 3.8) is 0 Å². The molecule has 0 aliphatic heterocycles. The Hall–Kier alpha value is -0.830. The molecule has 2 unspecified atom stereocenters. The first-order valence-electron chi connectivity index (χ1n) is 7.48. The number of nitrogens with zero attached hydrogens (tertiary/aromatic N) is 2. The molecule has 3 nitrogen and oxygen atoms in total. The maximum atomic E-state index is 4.53. The topological polar surface area (TPSA) is 29.9 Å². The minimum absolute atomic E-state index is 0.371. The summed E-state index contributed by atoms with van der Waals surface area (Å²) < 4.78 is 2.13. The number of aryl methyl sites for hydroxylation is 2. The maximum absolute atomic E-state index is 4.53. The standard InChI is InChI=1S/C16H31N3/c1-8-19-15(10-13(3)18-19)11-14(17-7)9-12(2)16(4,5)6/h10,12,14,17H,8-9,11H2,1-7H3. The zero-order valence-electron chi connectivity index (χ0n) is 13.7. The molecule has 0 fully saturated rings. The van der Waals surface area contributed by atoms with Gasteiger partial charge in [-0.3, -0.25) is 4.68 Å². The molecule has 0 saturated carbocycles. The Kier molecular flexibility index (Phi) is 5.60. The predicted octanol–water partition coefficient (Wildman–Crippen LogP) is 3.41. The third-order valence-corrected chi connectivity index (χ3v) is 4.27. The Morgan fingerprint density at radius 3 is 2.47 bits per heavy atom. The summed E-state index contributed by atoms with van der Waals surface area (Å²) in [5, 5.41) is 8.01.